The van der Waals surface area contributed by atoms with Gasteiger partial charge in [0, 0.05) is 19.5 Å². The smallest absolute Gasteiger partial charge is 0.222 e. The van der Waals surface area contributed by atoms with Crippen molar-refractivity contribution in [2.75, 3.05) is 6.54 Å². The Morgan fingerprint density at radius 3 is 2.30 bits per heavy atom. The Balaban J connectivity index is 0.00000264. The molecule has 23 heavy (non-hydrogen) atoms. The minimum absolute atomic E-state index is 0. The molecule has 6 heteroatoms. The van der Waals surface area contributed by atoms with Gasteiger partial charge in [0.2, 0.25) is 11.8 Å². The third-order valence-corrected chi connectivity index (χ3v) is 4.04. The minimum Gasteiger partial charge on any atom is -0.352 e. The van der Waals surface area contributed by atoms with E-state index in [0.29, 0.717) is 12.5 Å². The average molecular weight is 340 g/mol. The third kappa shape index (κ3) is 6.20. The van der Waals surface area contributed by atoms with E-state index in [0.717, 1.165) is 24.0 Å². The number of carbonyl (C=O) groups is 2. The van der Waals surface area contributed by atoms with Crippen LogP contribution in [0.3, 0.4) is 0 Å². The predicted octanol–water partition coefficient (Wildman–Crippen LogP) is 1.84. The van der Waals surface area contributed by atoms with Gasteiger partial charge in [-0.05, 0) is 31.2 Å². The standard InChI is InChI=1S/C17H25N3O2.ClH/c1-11-3-5-13(6-4-11)15(19-12(2)21)9-17(22)20-16(10-18)14-7-8-14;/h3-6,14-16H,7-10,18H2,1-2H3,(H,19,21)(H,20,22);1H. The van der Waals surface area contributed by atoms with Crippen LogP contribution in [-0.2, 0) is 9.59 Å². The Bertz CT molecular complexity index is 529. The average Bonchev–Trinajstić information content (AvgIpc) is 3.29. The molecule has 5 nitrogen and oxygen atoms in total. The second-order valence-electron chi connectivity index (χ2n) is 6.12. The van der Waals surface area contributed by atoms with Crippen molar-refractivity contribution in [1.29, 1.82) is 0 Å². The lowest BCUT2D eigenvalue weighted by molar-refractivity contribution is -0.123. The molecular weight excluding hydrogens is 314 g/mol. The molecular formula is C17H26ClN3O2. The molecule has 0 aromatic heterocycles. The SMILES string of the molecule is CC(=O)NC(CC(=O)NC(CN)C1CC1)c1ccc(C)cc1.Cl. The molecule has 2 unspecified atom stereocenters. The van der Waals surface area contributed by atoms with Gasteiger partial charge in [0.25, 0.3) is 0 Å². The zero-order chi connectivity index (χ0) is 16.1. The van der Waals surface area contributed by atoms with E-state index in [1.807, 2.05) is 31.2 Å². The Kier molecular flexibility index (Phi) is 7.52. The van der Waals surface area contributed by atoms with E-state index < -0.39 is 0 Å². The molecule has 1 aromatic rings. The van der Waals surface area contributed by atoms with Gasteiger partial charge in [-0.15, -0.1) is 12.4 Å². The Morgan fingerprint density at radius 2 is 1.83 bits per heavy atom. The molecule has 0 bridgehead atoms. The fourth-order valence-corrected chi connectivity index (χ4v) is 2.62. The number of rotatable bonds is 7. The first kappa shape index (κ1) is 19.5. The largest absolute Gasteiger partial charge is 0.352 e. The normalized spacial score (nSPS) is 16.0. The molecule has 2 rings (SSSR count). The summed E-state index contributed by atoms with van der Waals surface area (Å²) in [5.41, 5.74) is 7.80. The van der Waals surface area contributed by atoms with Crippen LogP contribution in [0.2, 0.25) is 0 Å². The van der Waals surface area contributed by atoms with Gasteiger partial charge in [-0.25, -0.2) is 0 Å². The lowest BCUT2D eigenvalue weighted by Gasteiger charge is -2.21. The molecule has 0 aliphatic heterocycles. The van der Waals surface area contributed by atoms with Crippen molar-refractivity contribution in [3.63, 3.8) is 0 Å². The Labute approximate surface area is 143 Å². The highest BCUT2D eigenvalue weighted by atomic mass is 35.5. The fourth-order valence-electron chi connectivity index (χ4n) is 2.62. The van der Waals surface area contributed by atoms with Crippen molar-refractivity contribution in [1.82, 2.24) is 10.6 Å². The molecule has 1 aliphatic carbocycles. The molecule has 2 amide bonds. The molecule has 1 aromatic carbocycles. The lowest BCUT2D eigenvalue weighted by Crippen LogP contribution is -2.43. The first-order valence-electron chi connectivity index (χ1n) is 7.82. The van der Waals surface area contributed by atoms with Crippen LogP contribution >= 0.6 is 12.4 Å². The van der Waals surface area contributed by atoms with Crippen LogP contribution < -0.4 is 16.4 Å². The monoisotopic (exact) mass is 339 g/mol. The third-order valence-electron chi connectivity index (χ3n) is 4.04. The number of benzene rings is 1. The Morgan fingerprint density at radius 1 is 1.22 bits per heavy atom. The van der Waals surface area contributed by atoms with Gasteiger partial charge in [0.05, 0.1) is 12.5 Å². The summed E-state index contributed by atoms with van der Waals surface area (Å²) in [7, 11) is 0. The zero-order valence-electron chi connectivity index (χ0n) is 13.7. The van der Waals surface area contributed by atoms with Crippen molar-refractivity contribution in [3.8, 4) is 0 Å². The van der Waals surface area contributed by atoms with E-state index in [1.165, 1.54) is 6.92 Å². The molecule has 0 radical (unpaired) electrons. The molecule has 2 atom stereocenters. The van der Waals surface area contributed by atoms with E-state index in [4.69, 9.17) is 5.73 Å². The number of nitrogens with one attached hydrogen (secondary N) is 2. The van der Waals surface area contributed by atoms with Crippen molar-refractivity contribution < 1.29 is 9.59 Å². The van der Waals surface area contributed by atoms with Crippen LogP contribution in [0.5, 0.6) is 0 Å². The maximum atomic E-state index is 12.3. The molecule has 1 saturated carbocycles. The summed E-state index contributed by atoms with van der Waals surface area (Å²) in [5, 5.41) is 5.85. The quantitative estimate of drug-likeness (QED) is 0.708. The molecule has 4 N–H and O–H groups in total. The maximum Gasteiger partial charge on any atom is 0.222 e. The summed E-state index contributed by atoms with van der Waals surface area (Å²) in [6, 6.07) is 7.61. The number of amides is 2. The number of halogens is 1. The maximum absolute atomic E-state index is 12.3. The van der Waals surface area contributed by atoms with Gasteiger partial charge >= 0.3 is 0 Å². The van der Waals surface area contributed by atoms with Gasteiger partial charge < -0.3 is 16.4 Å². The highest BCUT2D eigenvalue weighted by Gasteiger charge is 2.31. The number of hydrogen-bond acceptors (Lipinski definition) is 3. The fraction of sp³-hybridized carbons (Fsp3) is 0.529. The summed E-state index contributed by atoms with van der Waals surface area (Å²) in [6.07, 6.45) is 2.50. The molecule has 0 saturated heterocycles. The van der Waals surface area contributed by atoms with Gasteiger partial charge in [-0.1, -0.05) is 29.8 Å². The van der Waals surface area contributed by atoms with Crippen LogP contribution in [0, 0.1) is 12.8 Å². The van der Waals surface area contributed by atoms with Crippen LogP contribution in [-0.4, -0.2) is 24.4 Å². The van der Waals surface area contributed by atoms with Gasteiger partial charge in [-0.3, -0.25) is 9.59 Å². The summed E-state index contributed by atoms with van der Waals surface area (Å²) in [5.74, 6) is 0.310. The molecule has 0 heterocycles. The number of aryl methyl sites for hydroxylation is 1. The van der Waals surface area contributed by atoms with Crippen molar-refractivity contribution >= 4 is 24.2 Å². The van der Waals surface area contributed by atoms with Crippen LogP contribution in [0.1, 0.15) is 43.4 Å². The van der Waals surface area contributed by atoms with E-state index in [-0.39, 0.29) is 42.7 Å². The molecule has 1 fully saturated rings. The van der Waals surface area contributed by atoms with Crippen molar-refractivity contribution in [2.45, 2.75) is 45.2 Å². The lowest BCUT2D eigenvalue weighted by atomic mass is 10.0. The summed E-state index contributed by atoms with van der Waals surface area (Å²) in [6.45, 7) is 3.93. The topological polar surface area (TPSA) is 84.2 Å². The molecule has 0 spiro atoms. The van der Waals surface area contributed by atoms with Crippen LogP contribution in [0.15, 0.2) is 24.3 Å². The van der Waals surface area contributed by atoms with Gasteiger partial charge in [-0.2, -0.15) is 0 Å². The second-order valence-corrected chi connectivity index (χ2v) is 6.12. The van der Waals surface area contributed by atoms with Crippen molar-refractivity contribution in [2.24, 2.45) is 11.7 Å². The highest BCUT2D eigenvalue weighted by molar-refractivity contribution is 5.85. The van der Waals surface area contributed by atoms with Crippen LogP contribution in [0.25, 0.3) is 0 Å². The van der Waals surface area contributed by atoms with Gasteiger partial charge in [0.15, 0.2) is 0 Å². The zero-order valence-corrected chi connectivity index (χ0v) is 14.5. The van der Waals surface area contributed by atoms with E-state index in [2.05, 4.69) is 10.6 Å². The molecule has 128 valence electrons. The highest BCUT2D eigenvalue weighted by Crippen LogP contribution is 2.32. The van der Waals surface area contributed by atoms with E-state index in [9.17, 15) is 9.59 Å². The van der Waals surface area contributed by atoms with Crippen molar-refractivity contribution in [3.05, 3.63) is 35.4 Å². The second kappa shape index (κ2) is 8.89. The Hall–Kier alpha value is -1.59. The summed E-state index contributed by atoms with van der Waals surface area (Å²) < 4.78 is 0. The predicted molar refractivity (Wildman–Crippen MR) is 93.3 cm³/mol. The number of hydrogen-bond donors (Lipinski definition) is 3. The number of carbonyl (C=O) groups excluding carboxylic acids is 2. The minimum atomic E-state index is -0.310. The summed E-state index contributed by atoms with van der Waals surface area (Å²) in [4.78, 5) is 23.7. The van der Waals surface area contributed by atoms with Gasteiger partial charge in [0.1, 0.15) is 0 Å². The van der Waals surface area contributed by atoms with E-state index in [1.54, 1.807) is 0 Å². The summed E-state index contributed by atoms with van der Waals surface area (Å²) >= 11 is 0. The van der Waals surface area contributed by atoms with E-state index >= 15 is 0 Å². The first-order chi connectivity index (χ1) is 10.5. The molecule has 1 aliphatic rings. The number of nitrogens with two attached hydrogens (primary N) is 1. The van der Waals surface area contributed by atoms with Crippen LogP contribution in [0.4, 0.5) is 0 Å². The first-order valence-corrected chi connectivity index (χ1v) is 7.82.